The summed E-state index contributed by atoms with van der Waals surface area (Å²) in [6, 6.07) is 3.74. The van der Waals surface area contributed by atoms with Crippen LogP contribution >= 0.6 is 0 Å². The molecule has 1 aliphatic heterocycles. The maximum atomic E-state index is 12.0. The number of pyridine rings is 1. The Bertz CT molecular complexity index is 428. The fourth-order valence-corrected chi connectivity index (χ4v) is 2.55. The molecular weight excluding hydrogens is 254 g/mol. The molecule has 2 rings (SSSR count). The summed E-state index contributed by atoms with van der Waals surface area (Å²) in [5, 5.41) is 2.98. The molecule has 1 saturated heterocycles. The molecule has 0 aromatic carbocycles. The highest BCUT2D eigenvalue weighted by Crippen LogP contribution is 2.13. The molecule has 5 heteroatoms. The van der Waals surface area contributed by atoms with Crippen LogP contribution < -0.4 is 5.32 Å². The molecule has 5 nitrogen and oxygen atoms in total. The predicted octanol–water partition coefficient (Wildman–Crippen LogP) is 1.31. The Kier molecular flexibility index (Phi) is 5.09. The summed E-state index contributed by atoms with van der Waals surface area (Å²) in [4.78, 5) is 18.3. The van der Waals surface area contributed by atoms with Gasteiger partial charge in [0.05, 0.1) is 12.2 Å². The number of rotatable bonds is 4. The molecule has 0 spiro atoms. The largest absolute Gasteiger partial charge is 0.373 e. The summed E-state index contributed by atoms with van der Waals surface area (Å²) in [6.07, 6.45) is 3.75. The van der Waals surface area contributed by atoms with Crippen LogP contribution in [0, 0.1) is 0 Å². The number of aromatic nitrogens is 1. The van der Waals surface area contributed by atoms with Crippen LogP contribution in [0.15, 0.2) is 24.5 Å². The lowest BCUT2D eigenvalue weighted by Gasteiger charge is -2.39. The van der Waals surface area contributed by atoms with Gasteiger partial charge in [-0.15, -0.1) is 0 Å². The van der Waals surface area contributed by atoms with Gasteiger partial charge >= 0.3 is 0 Å². The van der Waals surface area contributed by atoms with E-state index in [9.17, 15) is 4.79 Å². The van der Waals surface area contributed by atoms with Gasteiger partial charge in [0, 0.05) is 43.6 Å². The van der Waals surface area contributed by atoms with E-state index in [1.54, 1.807) is 24.5 Å². The Morgan fingerprint density at radius 1 is 1.40 bits per heavy atom. The molecule has 1 N–H and O–H groups in total. The number of nitrogens with one attached hydrogen (secondary N) is 1. The third-order valence-corrected chi connectivity index (χ3v) is 3.57. The topological polar surface area (TPSA) is 54.5 Å². The van der Waals surface area contributed by atoms with E-state index < -0.39 is 0 Å². The molecule has 1 fully saturated rings. The van der Waals surface area contributed by atoms with Gasteiger partial charge in [-0.3, -0.25) is 14.7 Å². The van der Waals surface area contributed by atoms with E-state index in [0.29, 0.717) is 18.2 Å². The summed E-state index contributed by atoms with van der Waals surface area (Å²) >= 11 is 0. The van der Waals surface area contributed by atoms with Crippen molar-refractivity contribution in [3.63, 3.8) is 0 Å². The van der Waals surface area contributed by atoms with Gasteiger partial charge < -0.3 is 10.1 Å². The van der Waals surface area contributed by atoms with Crippen molar-refractivity contribution >= 4 is 5.91 Å². The van der Waals surface area contributed by atoms with Crippen molar-refractivity contribution in [1.29, 1.82) is 0 Å². The summed E-state index contributed by atoms with van der Waals surface area (Å²) in [5.74, 6) is -0.0476. The quantitative estimate of drug-likeness (QED) is 0.901. The standard InChI is InChI=1S/C15H23N3O2/c1-11(18-9-12(2)20-13(3)10-18)8-17-15(19)14-4-6-16-7-5-14/h4-7,11-13H,8-10H2,1-3H3,(H,17,19)/t11-,12+,13+/m0/s1. The zero-order valence-corrected chi connectivity index (χ0v) is 12.4. The Morgan fingerprint density at radius 2 is 2.00 bits per heavy atom. The Morgan fingerprint density at radius 3 is 2.60 bits per heavy atom. The first-order valence-corrected chi connectivity index (χ1v) is 7.14. The number of hydrogen-bond donors (Lipinski definition) is 1. The normalized spacial score (nSPS) is 25.1. The van der Waals surface area contributed by atoms with Crippen molar-refractivity contribution in [3.05, 3.63) is 30.1 Å². The van der Waals surface area contributed by atoms with Crippen LogP contribution in [0.4, 0.5) is 0 Å². The average Bonchev–Trinajstić information content (AvgIpc) is 2.44. The van der Waals surface area contributed by atoms with Crippen molar-refractivity contribution in [2.45, 2.75) is 39.0 Å². The Balaban J connectivity index is 1.83. The van der Waals surface area contributed by atoms with Crippen LogP contribution in [0.5, 0.6) is 0 Å². The molecule has 0 aliphatic carbocycles. The van der Waals surface area contributed by atoms with Crippen LogP contribution in [0.25, 0.3) is 0 Å². The SMILES string of the molecule is C[C@@H]1CN([C@@H](C)CNC(=O)c2ccncc2)C[C@@H](C)O1. The summed E-state index contributed by atoms with van der Waals surface area (Å²) in [6.45, 7) is 8.78. The van der Waals surface area contributed by atoms with E-state index in [2.05, 4.69) is 36.0 Å². The number of morpholine rings is 1. The van der Waals surface area contributed by atoms with E-state index in [4.69, 9.17) is 4.74 Å². The second kappa shape index (κ2) is 6.81. The molecule has 1 aromatic heterocycles. The molecule has 0 unspecified atom stereocenters. The fraction of sp³-hybridized carbons (Fsp3) is 0.600. The number of ether oxygens (including phenoxy) is 1. The lowest BCUT2D eigenvalue weighted by atomic mass is 10.1. The summed E-state index contributed by atoms with van der Waals surface area (Å²) in [5.41, 5.74) is 0.649. The van der Waals surface area contributed by atoms with Gasteiger partial charge in [0.15, 0.2) is 0 Å². The molecule has 3 atom stereocenters. The highest BCUT2D eigenvalue weighted by Gasteiger charge is 2.25. The van der Waals surface area contributed by atoms with Crippen LogP contribution in [0.3, 0.4) is 0 Å². The minimum absolute atomic E-state index is 0.0476. The van der Waals surface area contributed by atoms with Crippen molar-refractivity contribution < 1.29 is 9.53 Å². The van der Waals surface area contributed by atoms with Gasteiger partial charge in [-0.25, -0.2) is 0 Å². The van der Waals surface area contributed by atoms with Crippen molar-refractivity contribution in [2.75, 3.05) is 19.6 Å². The van der Waals surface area contributed by atoms with Gasteiger partial charge in [-0.2, -0.15) is 0 Å². The maximum Gasteiger partial charge on any atom is 0.251 e. The van der Waals surface area contributed by atoms with Crippen LogP contribution in [0.2, 0.25) is 0 Å². The molecular formula is C15H23N3O2. The first-order valence-electron chi connectivity index (χ1n) is 7.14. The molecule has 1 aromatic rings. The third kappa shape index (κ3) is 4.02. The van der Waals surface area contributed by atoms with E-state index in [1.165, 1.54) is 0 Å². The highest BCUT2D eigenvalue weighted by molar-refractivity contribution is 5.93. The third-order valence-electron chi connectivity index (χ3n) is 3.57. The zero-order chi connectivity index (χ0) is 14.5. The molecule has 1 amide bonds. The second-order valence-electron chi connectivity index (χ2n) is 5.51. The maximum absolute atomic E-state index is 12.0. The van der Waals surface area contributed by atoms with Gasteiger partial charge in [-0.05, 0) is 32.9 Å². The molecule has 2 heterocycles. The molecule has 0 bridgehead atoms. The lowest BCUT2D eigenvalue weighted by molar-refractivity contribution is -0.0778. The van der Waals surface area contributed by atoms with Crippen LogP contribution in [0.1, 0.15) is 31.1 Å². The summed E-state index contributed by atoms with van der Waals surface area (Å²) in [7, 11) is 0. The van der Waals surface area contributed by atoms with Gasteiger partial charge in [0.2, 0.25) is 0 Å². The first-order chi connectivity index (χ1) is 9.56. The minimum Gasteiger partial charge on any atom is -0.373 e. The van der Waals surface area contributed by atoms with Crippen molar-refractivity contribution in [1.82, 2.24) is 15.2 Å². The molecule has 110 valence electrons. The van der Waals surface area contributed by atoms with Crippen molar-refractivity contribution in [3.8, 4) is 0 Å². The predicted molar refractivity (Wildman–Crippen MR) is 77.6 cm³/mol. The molecule has 0 saturated carbocycles. The molecule has 0 radical (unpaired) electrons. The van der Waals surface area contributed by atoms with Crippen LogP contribution in [-0.4, -0.2) is 53.7 Å². The fourth-order valence-electron chi connectivity index (χ4n) is 2.55. The zero-order valence-electron chi connectivity index (χ0n) is 12.4. The Labute approximate surface area is 120 Å². The first kappa shape index (κ1) is 14.9. The van der Waals surface area contributed by atoms with Gasteiger partial charge in [0.1, 0.15) is 0 Å². The number of carbonyl (C=O) groups is 1. The van der Waals surface area contributed by atoms with Crippen molar-refractivity contribution in [2.24, 2.45) is 0 Å². The molecule has 20 heavy (non-hydrogen) atoms. The van der Waals surface area contributed by atoms with E-state index in [0.717, 1.165) is 13.1 Å². The highest BCUT2D eigenvalue weighted by atomic mass is 16.5. The average molecular weight is 277 g/mol. The van der Waals surface area contributed by atoms with Gasteiger partial charge in [0.25, 0.3) is 5.91 Å². The number of amides is 1. The molecule has 1 aliphatic rings. The lowest BCUT2D eigenvalue weighted by Crippen LogP contribution is -2.52. The van der Waals surface area contributed by atoms with E-state index in [-0.39, 0.29) is 18.1 Å². The number of hydrogen-bond acceptors (Lipinski definition) is 4. The Hall–Kier alpha value is -1.46. The number of carbonyl (C=O) groups excluding carboxylic acids is 1. The smallest absolute Gasteiger partial charge is 0.251 e. The van der Waals surface area contributed by atoms with E-state index >= 15 is 0 Å². The van der Waals surface area contributed by atoms with Gasteiger partial charge in [-0.1, -0.05) is 0 Å². The van der Waals surface area contributed by atoms with E-state index in [1.807, 2.05) is 0 Å². The second-order valence-corrected chi connectivity index (χ2v) is 5.51. The monoisotopic (exact) mass is 277 g/mol. The summed E-state index contributed by atoms with van der Waals surface area (Å²) < 4.78 is 5.73. The van der Waals surface area contributed by atoms with Crippen LogP contribution in [-0.2, 0) is 4.74 Å². The minimum atomic E-state index is -0.0476. The number of nitrogens with zero attached hydrogens (tertiary/aromatic N) is 2.